The van der Waals surface area contributed by atoms with Gasteiger partial charge in [-0.1, -0.05) is 60.8 Å². The molecule has 0 N–H and O–H groups in total. The quantitative estimate of drug-likeness (QED) is 0.293. The number of ketones is 1. The van der Waals surface area contributed by atoms with Gasteiger partial charge in [0.25, 0.3) is 0 Å². The van der Waals surface area contributed by atoms with Crippen LogP contribution >= 0.6 is 11.6 Å². The molecule has 0 saturated carbocycles. The van der Waals surface area contributed by atoms with Crippen molar-refractivity contribution in [2.45, 2.75) is 51.4 Å². The minimum absolute atomic E-state index is 0.0777. The van der Waals surface area contributed by atoms with Gasteiger partial charge < -0.3 is 0 Å². The zero-order valence-electron chi connectivity index (χ0n) is 17.7. The van der Waals surface area contributed by atoms with Gasteiger partial charge in [-0.15, -0.1) is 0 Å². The van der Waals surface area contributed by atoms with E-state index in [4.69, 9.17) is 11.6 Å². The fourth-order valence-electron chi connectivity index (χ4n) is 3.90. The van der Waals surface area contributed by atoms with Crippen LogP contribution in [-0.2, 0) is 11.2 Å². The molecule has 0 aromatic heterocycles. The summed E-state index contributed by atoms with van der Waals surface area (Å²) in [6, 6.07) is 18.7. The lowest BCUT2D eigenvalue weighted by Gasteiger charge is -2.18. The molecule has 0 atom stereocenters. The zero-order chi connectivity index (χ0) is 22.2. The zero-order valence-corrected chi connectivity index (χ0v) is 18.5. The van der Waals surface area contributed by atoms with Crippen LogP contribution in [0, 0.1) is 18.6 Å². The Balaban J connectivity index is 1.51. The Labute approximate surface area is 188 Å². The maximum absolute atomic E-state index is 13.3. The van der Waals surface area contributed by atoms with Crippen molar-refractivity contribution in [1.29, 1.82) is 0 Å². The summed E-state index contributed by atoms with van der Waals surface area (Å²) < 4.78 is 26.7. The van der Waals surface area contributed by atoms with Gasteiger partial charge in [0, 0.05) is 23.8 Å². The first-order valence-corrected chi connectivity index (χ1v) is 11.1. The molecule has 3 aromatic carbocycles. The number of carbonyl (C=O) groups is 1. The number of aryl methyl sites for hydroxylation is 1. The second-order valence-electron chi connectivity index (χ2n) is 8.05. The van der Waals surface area contributed by atoms with Gasteiger partial charge in [-0.05, 0) is 72.4 Å². The minimum atomic E-state index is -0.268. The number of carbonyl (C=O) groups excluding carboxylic acids is 1. The Morgan fingerprint density at radius 2 is 1.42 bits per heavy atom. The Hall–Kier alpha value is -2.52. The van der Waals surface area contributed by atoms with Crippen LogP contribution in [0.1, 0.15) is 60.3 Å². The first kappa shape index (κ1) is 23.1. The van der Waals surface area contributed by atoms with E-state index in [0.29, 0.717) is 17.9 Å². The molecule has 3 rings (SSSR count). The van der Waals surface area contributed by atoms with Crippen LogP contribution < -0.4 is 0 Å². The molecule has 0 amide bonds. The maximum atomic E-state index is 13.3. The first-order chi connectivity index (χ1) is 14.9. The Kier molecular flexibility index (Phi) is 8.36. The monoisotopic (exact) mass is 440 g/mol. The molecule has 0 heterocycles. The van der Waals surface area contributed by atoms with Gasteiger partial charge in [-0.3, -0.25) is 4.79 Å². The van der Waals surface area contributed by atoms with Gasteiger partial charge in [0.2, 0.25) is 0 Å². The lowest BCUT2D eigenvalue weighted by Crippen LogP contribution is -2.04. The molecule has 31 heavy (non-hydrogen) atoms. The van der Waals surface area contributed by atoms with Crippen molar-refractivity contribution in [2.24, 2.45) is 0 Å². The predicted molar refractivity (Wildman–Crippen MR) is 123 cm³/mol. The SMILES string of the molecule is Cc1cc(CC(=O)CCCCCC(c2ccc(F)cc2)c2ccc(F)cc2)ccc1Cl. The maximum Gasteiger partial charge on any atom is 0.137 e. The molecule has 0 saturated heterocycles. The molecule has 3 aromatic rings. The van der Waals surface area contributed by atoms with Crippen molar-refractivity contribution in [2.75, 3.05) is 0 Å². The van der Waals surface area contributed by atoms with E-state index in [1.807, 2.05) is 25.1 Å². The van der Waals surface area contributed by atoms with Crippen molar-refractivity contribution in [3.63, 3.8) is 0 Å². The van der Waals surface area contributed by atoms with E-state index in [1.165, 1.54) is 24.3 Å². The molecule has 0 fully saturated rings. The Morgan fingerprint density at radius 1 is 0.839 bits per heavy atom. The smallest absolute Gasteiger partial charge is 0.137 e. The highest BCUT2D eigenvalue weighted by Gasteiger charge is 2.15. The highest BCUT2D eigenvalue weighted by molar-refractivity contribution is 6.31. The minimum Gasteiger partial charge on any atom is -0.299 e. The highest BCUT2D eigenvalue weighted by atomic mass is 35.5. The van der Waals surface area contributed by atoms with E-state index in [9.17, 15) is 13.6 Å². The van der Waals surface area contributed by atoms with Crippen LogP contribution in [0.2, 0.25) is 5.02 Å². The number of Topliss-reactive ketones (excluding diaryl/α,β-unsaturated/α-hetero) is 1. The van der Waals surface area contributed by atoms with Gasteiger partial charge in [0.1, 0.15) is 17.4 Å². The number of rotatable bonds is 10. The Bertz CT molecular complexity index is 951. The predicted octanol–water partition coefficient (Wildman–Crippen LogP) is 7.82. The van der Waals surface area contributed by atoms with E-state index < -0.39 is 0 Å². The lowest BCUT2D eigenvalue weighted by atomic mass is 9.86. The van der Waals surface area contributed by atoms with Gasteiger partial charge in [-0.2, -0.15) is 0 Å². The van der Waals surface area contributed by atoms with E-state index in [-0.39, 0.29) is 23.3 Å². The largest absolute Gasteiger partial charge is 0.299 e. The summed E-state index contributed by atoms with van der Waals surface area (Å²) in [7, 11) is 0. The van der Waals surface area contributed by atoms with Crippen molar-refractivity contribution in [3.05, 3.63) is 106 Å². The Morgan fingerprint density at radius 3 is 1.97 bits per heavy atom. The van der Waals surface area contributed by atoms with Crippen molar-refractivity contribution in [1.82, 2.24) is 0 Å². The molecule has 0 aliphatic carbocycles. The van der Waals surface area contributed by atoms with E-state index >= 15 is 0 Å². The molecule has 4 heteroatoms. The summed E-state index contributed by atoms with van der Waals surface area (Å²) in [5.74, 6) is -0.226. The third-order valence-electron chi connectivity index (χ3n) is 5.62. The molecular formula is C27H27ClF2O. The molecule has 0 aliphatic rings. The van der Waals surface area contributed by atoms with Crippen molar-refractivity contribution >= 4 is 17.4 Å². The van der Waals surface area contributed by atoms with Crippen LogP contribution in [0.3, 0.4) is 0 Å². The molecular weight excluding hydrogens is 414 g/mol. The van der Waals surface area contributed by atoms with Crippen molar-refractivity contribution < 1.29 is 13.6 Å². The number of halogens is 3. The molecule has 0 aliphatic heterocycles. The summed E-state index contributed by atoms with van der Waals surface area (Å²) in [6.07, 6.45) is 4.56. The van der Waals surface area contributed by atoms with Gasteiger partial charge >= 0.3 is 0 Å². The first-order valence-electron chi connectivity index (χ1n) is 10.7. The third kappa shape index (κ3) is 7.00. The topological polar surface area (TPSA) is 17.1 Å². The van der Waals surface area contributed by atoms with Crippen LogP contribution in [-0.4, -0.2) is 5.78 Å². The number of benzene rings is 3. The number of hydrogen-bond donors (Lipinski definition) is 0. The molecule has 1 nitrogen and oxygen atoms in total. The van der Waals surface area contributed by atoms with E-state index in [0.717, 1.165) is 47.9 Å². The van der Waals surface area contributed by atoms with E-state index in [1.54, 1.807) is 24.3 Å². The van der Waals surface area contributed by atoms with Gasteiger partial charge in [-0.25, -0.2) is 8.78 Å². The normalized spacial score (nSPS) is 11.1. The molecule has 0 bridgehead atoms. The van der Waals surface area contributed by atoms with Gasteiger partial charge in [0.15, 0.2) is 0 Å². The van der Waals surface area contributed by atoms with Gasteiger partial charge in [0.05, 0.1) is 0 Å². The van der Waals surface area contributed by atoms with Crippen LogP contribution in [0.5, 0.6) is 0 Å². The average molecular weight is 441 g/mol. The second kappa shape index (κ2) is 11.2. The summed E-state index contributed by atoms with van der Waals surface area (Å²) >= 11 is 6.04. The van der Waals surface area contributed by atoms with E-state index in [2.05, 4.69) is 0 Å². The van der Waals surface area contributed by atoms with Crippen molar-refractivity contribution in [3.8, 4) is 0 Å². The highest BCUT2D eigenvalue weighted by Crippen LogP contribution is 2.30. The molecule has 0 unspecified atom stereocenters. The molecule has 0 radical (unpaired) electrons. The lowest BCUT2D eigenvalue weighted by molar-refractivity contribution is -0.118. The molecule has 0 spiro atoms. The summed E-state index contributed by atoms with van der Waals surface area (Å²) in [4.78, 5) is 12.3. The van der Waals surface area contributed by atoms with Crippen LogP contribution in [0.25, 0.3) is 0 Å². The summed E-state index contributed by atoms with van der Waals surface area (Å²) in [6.45, 7) is 1.94. The van der Waals surface area contributed by atoms with Crippen LogP contribution in [0.15, 0.2) is 66.7 Å². The summed E-state index contributed by atoms with van der Waals surface area (Å²) in [5, 5.41) is 0.716. The average Bonchev–Trinajstić information content (AvgIpc) is 2.75. The molecule has 162 valence electrons. The van der Waals surface area contributed by atoms with Crippen LogP contribution in [0.4, 0.5) is 8.78 Å². The second-order valence-corrected chi connectivity index (χ2v) is 8.46. The fourth-order valence-corrected chi connectivity index (χ4v) is 4.01. The number of unbranched alkanes of at least 4 members (excludes halogenated alkanes) is 2. The fraction of sp³-hybridized carbons (Fsp3) is 0.296. The standard InChI is InChI=1S/C27H27ClF2O/c1-19-17-20(7-16-27(19)28)18-25(31)5-3-2-4-6-26(21-8-12-23(29)13-9-21)22-10-14-24(30)15-11-22/h7-17,26H,2-6,18H2,1H3. The third-order valence-corrected chi connectivity index (χ3v) is 6.04. The summed E-state index contributed by atoms with van der Waals surface area (Å²) in [5.41, 5.74) is 4.02. The number of hydrogen-bond acceptors (Lipinski definition) is 1.